The van der Waals surface area contributed by atoms with Gasteiger partial charge in [-0.15, -0.1) is 16.8 Å². The first-order valence-electron chi connectivity index (χ1n) is 9.92. The molecule has 1 aromatic heterocycles. The molecule has 2 aromatic rings. The fourth-order valence-corrected chi connectivity index (χ4v) is 4.17. The van der Waals surface area contributed by atoms with Crippen LogP contribution >= 0.6 is 11.8 Å². The molecule has 0 saturated carbocycles. The van der Waals surface area contributed by atoms with Crippen molar-refractivity contribution >= 4 is 23.6 Å². The second-order valence-electron chi connectivity index (χ2n) is 6.98. The highest BCUT2D eigenvalue weighted by Gasteiger charge is 2.28. The number of thioether (sulfide) groups is 1. The third-order valence-electron chi connectivity index (χ3n) is 5.01. The second kappa shape index (κ2) is 10.9. The number of benzene rings is 1. The van der Waals surface area contributed by atoms with Crippen molar-refractivity contribution in [1.82, 2.24) is 19.7 Å². The lowest BCUT2D eigenvalue weighted by molar-refractivity contribution is -0.148. The van der Waals surface area contributed by atoms with Crippen LogP contribution in [0.5, 0.6) is 5.75 Å². The van der Waals surface area contributed by atoms with Gasteiger partial charge in [0.1, 0.15) is 6.61 Å². The van der Waals surface area contributed by atoms with Crippen molar-refractivity contribution in [3.63, 3.8) is 0 Å². The number of esters is 1. The molecule has 166 valence electrons. The minimum Gasteiger partial charge on any atom is -0.483 e. The van der Waals surface area contributed by atoms with E-state index >= 15 is 0 Å². The van der Waals surface area contributed by atoms with Crippen LogP contribution in [0.15, 0.2) is 42.1 Å². The van der Waals surface area contributed by atoms with Crippen molar-refractivity contribution < 1.29 is 23.5 Å². The number of methoxy groups -OCH3 is 1. The number of likely N-dealkylation sites (tertiary alicyclic amines) is 1. The zero-order chi connectivity index (χ0) is 22.2. The van der Waals surface area contributed by atoms with E-state index in [0.717, 1.165) is 0 Å². The Morgan fingerprint density at radius 2 is 2.03 bits per heavy atom. The maximum absolute atomic E-state index is 13.8. The predicted octanol–water partition coefficient (Wildman–Crippen LogP) is 2.69. The molecule has 1 amide bonds. The molecular formula is C21H25FN4O4S. The van der Waals surface area contributed by atoms with Crippen molar-refractivity contribution in [2.75, 3.05) is 26.0 Å². The van der Waals surface area contributed by atoms with Crippen molar-refractivity contribution in [2.24, 2.45) is 5.92 Å². The number of allylic oxidation sites excluding steroid dienone is 1. The average Bonchev–Trinajstić information content (AvgIpc) is 3.18. The van der Waals surface area contributed by atoms with Crippen LogP contribution in [0.25, 0.3) is 0 Å². The summed E-state index contributed by atoms with van der Waals surface area (Å²) < 4.78 is 25.9. The smallest absolute Gasteiger partial charge is 0.308 e. The zero-order valence-corrected chi connectivity index (χ0v) is 18.1. The van der Waals surface area contributed by atoms with Gasteiger partial charge in [-0.1, -0.05) is 30.0 Å². The van der Waals surface area contributed by atoms with E-state index in [2.05, 4.69) is 16.8 Å². The molecule has 1 fully saturated rings. The van der Waals surface area contributed by atoms with Gasteiger partial charge in [0.15, 0.2) is 22.5 Å². The van der Waals surface area contributed by atoms with Gasteiger partial charge in [-0.05, 0) is 25.0 Å². The van der Waals surface area contributed by atoms with E-state index in [1.165, 1.54) is 24.9 Å². The lowest BCUT2D eigenvalue weighted by atomic mass is 9.97. The number of halogens is 1. The molecule has 0 atom stereocenters. The van der Waals surface area contributed by atoms with Crippen molar-refractivity contribution in [2.45, 2.75) is 31.1 Å². The number of piperidine rings is 1. The van der Waals surface area contributed by atoms with Gasteiger partial charge < -0.3 is 14.4 Å². The Bertz CT molecular complexity index is 928. The van der Waals surface area contributed by atoms with Gasteiger partial charge >= 0.3 is 5.97 Å². The van der Waals surface area contributed by atoms with Crippen LogP contribution in [0.3, 0.4) is 0 Å². The average molecular weight is 449 g/mol. The highest BCUT2D eigenvalue weighted by atomic mass is 32.2. The Hall–Kier alpha value is -2.88. The van der Waals surface area contributed by atoms with Gasteiger partial charge in [-0.3, -0.25) is 14.2 Å². The topological polar surface area (TPSA) is 86.5 Å². The Kier molecular flexibility index (Phi) is 8.05. The quantitative estimate of drug-likeness (QED) is 0.331. The van der Waals surface area contributed by atoms with E-state index in [-0.39, 0.29) is 35.9 Å². The number of carbonyl (C=O) groups is 2. The maximum Gasteiger partial charge on any atom is 0.308 e. The molecular weight excluding hydrogens is 423 g/mol. The summed E-state index contributed by atoms with van der Waals surface area (Å²) in [4.78, 5) is 26.0. The van der Waals surface area contributed by atoms with Crippen LogP contribution in [0.4, 0.5) is 4.39 Å². The van der Waals surface area contributed by atoms with E-state index in [9.17, 15) is 14.0 Å². The summed E-state index contributed by atoms with van der Waals surface area (Å²) in [5.41, 5.74) is 0. The Balaban J connectivity index is 1.56. The molecule has 0 aliphatic carbocycles. The Morgan fingerprint density at radius 1 is 1.29 bits per heavy atom. The summed E-state index contributed by atoms with van der Waals surface area (Å²) in [5, 5.41) is 8.84. The van der Waals surface area contributed by atoms with E-state index in [0.29, 0.717) is 43.5 Å². The SMILES string of the molecule is C=CCn1c(COc2ccccc2F)nnc1SCC(=O)N1CCC(C(=O)OC)CC1. The van der Waals surface area contributed by atoms with E-state index in [1.54, 1.807) is 33.7 Å². The number of amides is 1. The van der Waals surface area contributed by atoms with Crippen LogP contribution in [-0.4, -0.2) is 57.5 Å². The van der Waals surface area contributed by atoms with Crippen LogP contribution in [0, 0.1) is 11.7 Å². The number of rotatable bonds is 9. The number of nitrogens with zero attached hydrogens (tertiary/aromatic N) is 4. The number of hydrogen-bond donors (Lipinski definition) is 0. The summed E-state index contributed by atoms with van der Waals surface area (Å²) in [5.74, 6) is 0.0109. The first-order chi connectivity index (χ1) is 15.0. The molecule has 10 heteroatoms. The molecule has 0 unspecified atom stereocenters. The third kappa shape index (κ3) is 5.84. The van der Waals surface area contributed by atoms with Gasteiger partial charge in [0.05, 0.1) is 18.8 Å². The Labute approximate surface area is 184 Å². The number of aromatic nitrogens is 3. The van der Waals surface area contributed by atoms with Crippen LogP contribution in [-0.2, 0) is 27.5 Å². The number of ether oxygens (including phenoxy) is 2. The molecule has 1 aliphatic heterocycles. The monoisotopic (exact) mass is 448 g/mol. The Morgan fingerprint density at radius 3 is 2.71 bits per heavy atom. The predicted molar refractivity (Wildman–Crippen MR) is 113 cm³/mol. The van der Waals surface area contributed by atoms with Crippen molar-refractivity contribution in [3.8, 4) is 5.75 Å². The number of para-hydroxylation sites is 1. The third-order valence-corrected chi connectivity index (χ3v) is 5.96. The van der Waals surface area contributed by atoms with Crippen molar-refractivity contribution in [3.05, 3.63) is 48.6 Å². The summed E-state index contributed by atoms with van der Waals surface area (Å²) >= 11 is 1.28. The fourth-order valence-electron chi connectivity index (χ4n) is 3.30. The van der Waals surface area contributed by atoms with Crippen LogP contribution < -0.4 is 4.74 Å². The van der Waals surface area contributed by atoms with E-state index in [4.69, 9.17) is 9.47 Å². The molecule has 8 nitrogen and oxygen atoms in total. The zero-order valence-electron chi connectivity index (χ0n) is 17.3. The van der Waals surface area contributed by atoms with Gasteiger partial charge in [-0.25, -0.2) is 4.39 Å². The van der Waals surface area contributed by atoms with Gasteiger partial charge in [-0.2, -0.15) is 0 Å². The highest BCUT2D eigenvalue weighted by Crippen LogP contribution is 2.23. The molecule has 3 rings (SSSR count). The van der Waals surface area contributed by atoms with Crippen molar-refractivity contribution in [1.29, 1.82) is 0 Å². The number of carbonyl (C=O) groups excluding carboxylic acids is 2. The summed E-state index contributed by atoms with van der Waals surface area (Å²) in [6.45, 7) is 5.28. The normalized spacial score (nSPS) is 14.3. The minimum absolute atomic E-state index is 0.0226. The first-order valence-corrected chi connectivity index (χ1v) is 10.9. The summed E-state index contributed by atoms with van der Waals surface area (Å²) in [6, 6.07) is 6.14. The maximum atomic E-state index is 13.8. The van der Waals surface area contributed by atoms with E-state index in [1.807, 2.05) is 0 Å². The summed E-state index contributed by atoms with van der Waals surface area (Å²) in [7, 11) is 1.38. The van der Waals surface area contributed by atoms with Crippen LogP contribution in [0.2, 0.25) is 0 Å². The molecule has 2 heterocycles. The molecule has 0 spiro atoms. The first kappa shape index (κ1) is 22.8. The van der Waals surface area contributed by atoms with Crippen LogP contribution in [0.1, 0.15) is 18.7 Å². The van der Waals surface area contributed by atoms with E-state index < -0.39 is 5.82 Å². The number of hydrogen-bond acceptors (Lipinski definition) is 7. The second-order valence-corrected chi connectivity index (χ2v) is 7.93. The molecule has 1 aromatic carbocycles. The molecule has 31 heavy (non-hydrogen) atoms. The minimum atomic E-state index is -0.451. The largest absolute Gasteiger partial charge is 0.483 e. The molecule has 0 radical (unpaired) electrons. The molecule has 0 bridgehead atoms. The molecule has 1 aliphatic rings. The molecule has 0 N–H and O–H groups in total. The van der Waals surface area contributed by atoms with Gasteiger partial charge in [0, 0.05) is 19.6 Å². The van der Waals surface area contributed by atoms with Gasteiger partial charge in [0.2, 0.25) is 5.91 Å². The van der Waals surface area contributed by atoms with Gasteiger partial charge in [0.25, 0.3) is 0 Å². The lowest BCUT2D eigenvalue weighted by Gasteiger charge is -2.30. The summed E-state index contributed by atoms with van der Waals surface area (Å²) in [6.07, 6.45) is 2.90. The fraction of sp³-hybridized carbons (Fsp3) is 0.429. The lowest BCUT2D eigenvalue weighted by Crippen LogP contribution is -2.41. The molecule has 1 saturated heterocycles. The standard InChI is InChI=1S/C21H25FN4O4S/c1-3-10-26-18(13-30-17-7-5-4-6-16(17)22)23-24-21(26)31-14-19(27)25-11-8-15(9-12-25)20(28)29-2/h3-7,15H,1,8-14H2,2H3. The highest BCUT2D eigenvalue weighted by molar-refractivity contribution is 7.99.